The van der Waals surface area contributed by atoms with Crippen molar-refractivity contribution < 1.29 is 9.18 Å². The predicted molar refractivity (Wildman–Crippen MR) is 183 cm³/mol. The second-order valence-corrected chi connectivity index (χ2v) is 11.6. The molecule has 0 aliphatic rings. The number of aromatic nitrogens is 6. The van der Waals surface area contributed by atoms with Gasteiger partial charge in [0.2, 0.25) is 5.91 Å². The molecule has 4 N–H and O–H groups in total. The van der Waals surface area contributed by atoms with E-state index in [1.807, 2.05) is 74.8 Å². The maximum Gasteiger partial charge on any atom is 0.228 e. The number of benzene rings is 2. The summed E-state index contributed by atoms with van der Waals surface area (Å²) in [5, 5.41) is 15.5. The summed E-state index contributed by atoms with van der Waals surface area (Å²) in [5.41, 5.74) is 8.10. The fraction of sp³-hybridized carbons (Fsp3) is 0.139. The number of nitrogens with one attached hydrogen (secondary N) is 4. The molecule has 0 saturated carbocycles. The molecule has 7 aromatic rings. The molecular formula is C36H32FN9O. The Labute approximate surface area is 270 Å². The minimum absolute atomic E-state index is 0.122. The van der Waals surface area contributed by atoms with Gasteiger partial charge in [-0.15, -0.1) is 0 Å². The average Bonchev–Trinajstić information content (AvgIpc) is 3.69. The van der Waals surface area contributed by atoms with Crippen LogP contribution in [0.3, 0.4) is 0 Å². The van der Waals surface area contributed by atoms with Gasteiger partial charge >= 0.3 is 0 Å². The monoisotopic (exact) mass is 625 g/mol. The smallest absolute Gasteiger partial charge is 0.228 e. The first kappa shape index (κ1) is 29.8. The Kier molecular flexibility index (Phi) is 8.11. The largest absolute Gasteiger partial charge is 0.384 e. The van der Waals surface area contributed by atoms with E-state index in [0.717, 1.165) is 45.2 Å². The highest BCUT2D eigenvalue weighted by molar-refractivity contribution is 6.00. The van der Waals surface area contributed by atoms with E-state index >= 15 is 0 Å². The molecule has 0 spiro atoms. The van der Waals surface area contributed by atoms with Gasteiger partial charge in [-0.3, -0.25) is 19.9 Å². The summed E-state index contributed by atoms with van der Waals surface area (Å²) in [7, 11) is 3.99. The highest BCUT2D eigenvalue weighted by Crippen LogP contribution is 2.35. The lowest BCUT2D eigenvalue weighted by Crippen LogP contribution is -2.20. The first-order chi connectivity index (χ1) is 22.9. The van der Waals surface area contributed by atoms with Gasteiger partial charge in [-0.05, 0) is 62.1 Å². The van der Waals surface area contributed by atoms with Crippen LogP contribution in [0.25, 0.3) is 55.7 Å². The van der Waals surface area contributed by atoms with Crippen LogP contribution < -0.4 is 10.6 Å². The van der Waals surface area contributed by atoms with Crippen molar-refractivity contribution in [3.63, 3.8) is 0 Å². The molecule has 5 heterocycles. The van der Waals surface area contributed by atoms with Crippen LogP contribution in [0.15, 0.2) is 97.6 Å². The zero-order valence-corrected chi connectivity index (χ0v) is 25.9. The van der Waals surface area contributed by atoms with E-state index in [1.165, 1.54) is 12.1 Å². The third kappa shape index (κ3) is 6.56. The summed E-state index contributed by atoms with van der Waals surface area (Å²) in [5.74, 6) is -0.459. The normalized spacial score (nSPS) is 11.4. The van der Waals surface area contributed by atoms with Crippen molar-refractivity contribution >= 4 is 39.2 Å². The summed E-state index contributed by atoms with van der Waals surface area (Å²) >= 11 is 0. The van der Waals surface area contributed by atoms with Crippen molar-refractivity contribution in [3.8, 4) is 33.8 Å². The number of H-pyrrole nitrogens is 2. The molecule has 1 amide bonds. The van der Waals surface area contributed by atoms with Crippen molar-refractivity contribution in [1.82, 2.24) is 35.0 Å². The molecule has 0 bridgehead atoms. The Balaban J connectivity index is 1.18. The van der Waals surface area contributed by atoms with Crippen molar-refractivity contribution in [3.05, 3.63) is 109 Å². The maximum atomic E-state index is 14.7. The van der Waals surface area contributed by atoms with Crippen LogP contribution in [0.5, 0.6) is 0 Å². The SMILES string of the molecule is CN(C)CCNc1cc(F)cc(-c2nccc3[nH]c(-c4n[nH]c5ncc(-c6cncc(NC(=O)Cc7ccccc7)c6)cc45)cc23)c1. The van der Waals surface area contributed by atoms with E-state index in [4.69, 9.17) is 0 Å². The van der Waals surface area contributed by atoms with Crippen LogP contribution >= 0.6 is 0 Å². The third-order valence-corrected chi connectivity index (χ3v) is 7.84. The second-order valence-electron chi connectivity index (χ2n) is 11.6. The van der Waals surface area contributed by atoms with Gasteiger partial charge in [-0.1, -0.05) is 30.3 Å². The molecule has 0 aliphatic carbocycles. The van der Waals surface area contributed by atoms with Gasteiger partial charge in [-0.2, -0.15) is 5.10 Å². The van der Waals surface area contributed by atoms with E-state index in [9.17, 15) is 9.18 Å². The Morgan fingerprint density at radius 1 is 0.851 bits per heavy atom. The number of aromatic amines is 2. The molecule has 2 aromatic carbocycles. The number of carbonyl (C=O) groups excluding carboxylic acids is 1. The van der Waals surface area contributed by atoms with Crippen molar-refractivity contribution in [2.75, 3.05) is 37.8 Å². The Hall–Kier alpha value is -5.94. The summed E-state index contributed by atoms with van der Waals surface area (Å²) < 4.78 is 14.7. The van der Waals surface area contributed by atoms with Crippen LogP contribution in [0.4, 0.5) is 15.8 Å². The molecule has 0 atom stereocenters. The molecule has 10 nitrogen and oxygen atoms in total. The maximum absolute atomic E-state index is 14.7. The Bertz CT molecular complexity index is 2210. The minimum atomic E-state index is -0.337. The van der Waals surface area contributed by atoms with Gasteiger partial charge in [0.1, 0.15) is 11.5 Å². The van der Waals surface area contributed by atoms with Gasteiger partial charge < -0.3 is 20.5 Å². The minimum Gasteiger partial charge on any atom is -0.384 e. The van der Waals surface area contributed by atoms with Crippen LogP contribution in [0, 0.1) is 5.82 Å². The molecule has 0 aliphatic heterocycles. The fourth-order valence-corrected chi connectivity index (χ4v) is 5.58. The number of fused-ring (bicyclic) bond motifs is 2. The van der Waals surface area contributed by atoms with E-state index in [-0.39, 0.29) is 18.1 Å². The van der Waals surface area contributed by atoms with Gasteiger partial charge in [0.25, 0.3) is 0 Å². The van der Waals surface area contributed by atoms with E-state index in [1.54, 1.807) is 24.8 Å². The van der Waals surface area contributed by atoms with Gasteiger partial charge in [-0.25, -0.2) is 9.37 Å². The van der Waals surface area contributed by atoms with E-state index in [0.29, 0.717) is 40.5 Å². The molecule has 0 fully saturated rings. The Morgan fingerprint density at radius 2 is 1.68 bits per heavy atom. The number of carbonyl (C=O) groups is 1. The summed E-state index contributed by atoms with van der Waals surface area (Å²) in [4.78, 5) is 31.8. The predicted octanol–water partition coefficient (Wildman–Crippen LogP) is 6.52. The van der Waals surface area contributed by atoms with Crippen molar-refractivity contribution in [1.29, 1.82) is 0 Å². The van der Waals surface area contributed by atoms with Gasteiger partial charge in [0, 0.05) is 70.3 Å². The number of amides is 1. The fourth-order valence-electron chi connectivity index (χ4n) is 5.58. The zero-order valence-electron chi connectivity index (χ0n) is 25.9. The number of anilines is 2. The molecule has 0 radical (unpaired) electrons. The zero-order chi connectivity index (χ0) is 32.3. The van der Waals surface area contributed by atoms with E-state index < -0.39 is 0 Å². The molecule has 11 heteroatoms. The average molecular weight is 626 g/mol. The summed E-state index contributed by atoms with van der Waals surface area (Å²) in [6.45, 7) is 1.51. The highest BCUT2D eigenvalue weighted by Gasteiger charge is 2.17. The lowest BCUT2D eigenvalue weighted by atomic mass is 10.1. The molecule has 0 saturated heterocycles. The summed E-state index contributed by atoms with van der Waals surface area (Å²) in [6, 6.07) is 22.2. The third-order valence-electron chi connectivity index (χ3n) is 7.84. The first-order valence-electron chi connectivity index (χ1n) is 15.2. The number of likely N-dealkylation sites (N-methyl/N-ethyl adjacent to an activating group) is 1. The first-order valence-corrected chi connectivity index (χ1v) is 15.2. The number of hydrogen-bond donors (Lipinski definition) is 4. The molecule has 5 aromatic heterocycles. The second kappa shape index (κ2) is 12.8. The molecule has 234 valence electrons. The number of pyridine rings is 3. The standard InChI is InChI=1S/C36H32FN9O/c1-46(2)11-10-39-27-14-23(13-26(37)17-27)34-29-18-32(43-31(29)8-9-40-34)35-30-16-25(20-41-36(30)45-44-35)24-15-28(21-38-19-24)42-33(47)12-22-6-4-3-5-7-22/h3-9,13-21,39,43H,10-12H2,1-2H3,(H,42,47)(H,41,44,45). The number of rotatable bonds is 10. The molecular weight excluding hydrogens is 593 g/mol. The number of halogens is 1. The van der Waals surface area contributed by atoms with Crippen molar-refractivity contribution in [2.45, 2.75) is 6.42 Å². The highest BCUT2D eigenvalue weighted by atomic mass is 19.1. The molecule has 47 heavy (non-hydrogen) atoms. The van der Waals surface area contributed by atoms with Gasteiger partial charge in [0.05, 0.1) is 29.7 Å². The Morgan fingerprint density at radius 3 is 2.53 bits per heavy atom. The van der Waals surface area contributed by atoms with Gasteiger partial charge in [0.15, 0.2) is 5.65 Å². The lowest BCUT2D eigenvalue weighted by molar-refractivity contribution is -0.115. The van der Waals surface area contributed by atoms with Crippen LogP contribution in [0.2, 0.25) is 0 Å². The topological polar surface area (TPSA) is 128 Å². The number of nitrogens with zero attached hydrogens (tertiary/aromatic N) is 5. The van der Waals surface area contributed by atoms with Crippen LogP contribution in [0.1, 0.15) is 5.56 Å². The van der Waals surface area contributed by atoms with Crippen LogP contribution in [-0.4, -0.2) is 68.1 Å². The summed E-state index contributed by atoms with van der Waals surface area (Å²) in [6.07, 6.45) is 7.09. The lowest BCUT2D eigenvalue weighted by Gasteiger charge is -2.12. The van der Waals surface area contributed by atoms with Crippen LogP contribution in [-0.2, 0) is 11.2 Å². The van der Waals surface area contributed by atoms with E-state index in [2.05, 4.69) is 45.7 Å². The number of hydrogen-bond acceptors (Lipinski definition) is 7. The molecule has 7 rings (SSSR count). The molecule has 0 unspecified atom stereocenters. The quantitative estimate of drug-likeness (QED) is 0.136. The van der Waals surface area contributed by atoms with Crippen molar-refractivity contribution in [2.24, 2.45) is 0 Å².